The fourth-order valence-electron chi connectivity index (χ4n) is 1.95. The summed E-state index contributed by atoms with van der Waals surface area (Å²) in [5, 5.41) is 4.30. The number of aromatic nitrogens is 2. The molecule has 0 aliphatic rings. The second-order valence-electron chi connectivity index (χ2n) is 5.07. The number of hydrogen-bond donors (Lipinski definition) is 1. The molecule has 0 saturated carbocycles. The Bertz CT molecular complexity index is 305. The summed E-state index contributed by atoms with van der Waals surface area (Å²) < 4.78 is 1.96. The summed E-state index contributed by atoms with van der Waals surface area (Å²) >= 11 is 0. The monoisotopic (exact) mass is 195 g/mol. The molecule has 0 aliphatic heterocycles. The van der Waals surface area contributed by atoms with Crippen molar-refractivity contribution in [2.24, 2.45) is 12.8 Å². The van der Waals surface area contributed by atoms with Gasteiger partial charge in [0, 0.05) is 24.2 Å². The van der Waals surface area contributed by atoms with Crippen molar-refractivity contribution in [3.8, 4) is 0 Å². The van der Waals surface area contributed by atoms with Crippen LogP contribution in [0.25, 0.3) is 0 Å². The predicted molar refractivity (Wildman–Crippen MR) is 59.3 cm³/mol. The average molecular weight is 195 g/mol. The molecule has 0 aromatic carbocycles. The molecule has 0 aliphatic carbocycles. The highest BCUT2D eigenvalue weighted by molar-refractivity contribution is 5.25. The van der Waals surface area contributed by atoms with E-state index in [1.807, 2.05) is 24.9 Å². The molecule has 1 aromatic rings. The van der Waals surface area contributed by atoms with E-state index < -0.39 is 0 Å². The zero-order valence-electron chi connectivity index (χ0n) is 9.83. The number of rotatable bonds is 2. The largest absolute Gasteiger partial charge is 0.328 e. The standard InChI is InChI=1S/C11H21N3/c1-8(12)6-9-7-13-14(5)10(9)11(2,3)4/h7-8H,6,12H2,1-5H3. The molecule has 1 aromatic heterocycles. The molecule has 3 heteroatoms. The van der Waals surface area contributed by atoms with E-state index in [0.717, 1.165) is 6.42 Å². The number of nitrogens with two attached hydrogens (primary N) is 1. The van der Waals surface area contributed by atoms with Crippen molar-refractivity contribution in [2.45, 2.75) is 45.6 Å². The van der Waals surface area contributed by atoms with E-state index >= 15 is 0 Å². The second kappa shape index (κ2) is 3.73. The van der Waals surface area contributed by atoms with Gasteiger partial charge in [-0.2, -0.15) is 5.10 Å². The lowest BCUT2D eigenvalue weighted by Gasteiger charge is -2.21. The highest BCUT2D eigenvalue weighted by Gasteiger charge is 2.22. The van der Waals surface area contributed by atoms with Gasteiger partial charge in [-0.3, -0.25) is 4.68 Å². The molecule has 1 heterocycles. The number of nitrogens with zero attached hydrogens (tertiary/aromatic N) is 2. The Balaban J connectivity index is 3.07. The molecule has 1 unspecified atom stereocenters. The molecule has 1 rings (SSSR count). The van der Waals surface area contributed by atoms with Gasteiger partial charge in [0.2, 0.25) is 0 Å². The van der Waals surface area contributed by atoms with Crippen LogP contribution in [0, 0.1) is 0 Å². The van der Waals surface area contributed by atoms with Crippen LogP contribution in [0.2, 0.25) is 0 Å². The molecule has 1 atom stereocenters. The van der Waals surface area contributed by atoms with Crippen molar-refractivity contribution < 1.29 is 0 Å². The lowest BCUT2D eigenvalue weighted by atomic mass is 9.88. The van der Waals surface area contributed by atoms with E-state index in [2.05, 4.69) is 25.9 Å². The van der Waals surface area contributed by atoms with E-state index in [1.54, 1.807) is 0 Å². The predicted octanol–water partition coefficient (Wildman–Crippen LogP) is 1.61. The smallest absolute Gasteiger partial charge is 0.0525 e. The van der Waals surface area contributed by atoms with Gasteiger partial charge in [-0.15, -0.1) is 0 Å². The van der Waals surface area contributed by atoms with Crippen LogP contribution in [0.4, 0.5) is 0 Å². The van der Waals surface area contributed by atoms with E-state index in [4.69, 9.17) is 5.73 Å². The van der Waals surface area contributed by atoms with Gasteiger partial charge in [0.1, 0.15) is 0 Å². The molecular weight excluding hydrogens is 174 g/mol. The van der Waals surface area contributed by atoms with Gasteiger partial charge < -0.3 is 5.73 Å². The molecule has 14 heavy (non-hydrogen) atoms. The van der Waals surface area contributed by atoms with E-state index in [-0.39, 0.29) is 11.5 Å². The van der Waals surface area contributed by atoms with Crippen LogP contribution in [0.15, 0.2) is 6.20 Å². The quantitative estimate of drug-likeness (QED) is 0.779. The van der Waals surface area contributed by atoms with Crippen molar-refractivity contribution in [3.05, 3.63) is 17.5 Å². The summed E-state index contributed by atoms with van der Waals surface area (Å²) in [6.07, 6.45) is 2.84. The van der Waals surface area contributed by atoms with Crippen LogP contribution in [-0.2, 0) is 18.9 Å². The van der Waals surface area contributed by atoms with Gasteiger partial charge in [0.15, 0.2) is 0 Å². The number of aryl methyl sites for hydroxylation is 1. The maximum atomic E-state index is 5.81. The summed E-state index contributed by atoms with van der Waals surface area (Å²) in [5.41, 5.74) is 8.50. The average Bonchev–Trinajstić information content (AvgIpc) is 2.28. The van der Waals surface area contributed by atoms with Gasteiger partial charge in [-0.25, -0.2) is 0 Å². The molecular formula is C11H21N3. The van der Waals surface area contributed by atoms with E-state index in [0.29, 0.717) is 0 Å². The van der Waals surface area contributed by atoms with Crippen molar-refractivity contribution in [2.75, 3.05) is 0 Å². The number of hydrogen-bond acceptors (Lipinski definition) is 2. The van der Waals surface area contributed by atoms with Crippen LogP contribution in [0.5, 0.6) is 0 Å². The van der Waals surface area contributed by atoms with Crippen molar-refractivity contribution >= 4 is 0 Å². The molecule has 80 valence electrons. The lowest BCUT2D eigenvalue weighted by Crippen LogP contribution is -2.23. The Morgan fingerprint density at radius 3 is 2.50 bits per heavy atom. The van der Waals surface area contributed by atoms with E-state index in [9.17, 15) is 0 Å². The van der Waals surface area contributed by atoms with Crippen molar-refractivity contribution in [3.63, 3.8) is 0 Å². The maximum Gasteiger partial charge on any atom is 0.0525 e. The normalized spacial score (nSPS) is 14.4. The third-order valence-corrected chi connectivity index (χ3v) is 2.27. The van der Waals surface area contributed by atoms with Gasteiger partial charge in [0.25, 0.3) is 0 Å². The Labute approximate surface area is 86.3 Å². The van der Waals surface area contributed by atoms with Gasteiger partial charge in [-0.1, -0.05) is 20.8 Å². The van der Waals surface area contributed by atoms with Crippen LogP contribution in [0.3, 0.4) is 0 Å². The third-order valence-electron chi connectivity index (χ3n) is 2.27. The minimum Gasteiger partial charge on any atom is -0.328 e. The first kappa shape index (κ1) is 11.2. The first-order valence-electron chi connectivity index (χ1n) is 5.09. The molecule has 0 amide bonds. The van der Waals surface area contributed by atoms with Crippen LogP contribution < -0.4 is 5.73 Å². The van der Waals surface area contributed by atoms with Crippen LogP contribution in [0.1, 0.15) is 39.0 Å². The van der Waals surface area contributed by atoms with Crippen LogP contribution >= 0.6 is 0 Å². The summed E-state index contributed by atoms with van der Waals surface area (Å²) in [4.78, 5) is 0. The van der Waals surface area contributed by atoms with Gasteiger partial charge >= 0.3 is 0 Å². The first-order chi connectivity index (χ1) is 6.32. The minimum absolute atomic E-state index is 0.134. The fraction of sp³-hybridized carbons (Fsp3) is 0.727. The van der Waals surface area contributed by atoms with Crippen LogP contribution in [-0.4, -0.2) is 15.8 Å². The molecule has 2 N–H and O–H groups in total. The third kappa shape index (κ3) is 2.35. The van der Waals surface area contributed by atoms with Crippen molar-refractivity contribution in [1.82, 2.24) is 9.78 Å². The topological polar surface area (TPSA) is 43.8 Å². The van der Waals surface area contributed by atoms with Crippen molar-refractivity contribution in [1.29, 1.82) is 0 Å². The zero-order chi connectivity index (χ0) is 10.9. The lowest BCUT2D eigenvalue weighted by molar-refractivity contribution is 0.515. The SMILES string of the molecule is CC(N)Cc1cnn(C)c1C(C)(C)C. The first-order valence-corrected chi connectivity index (χ1v) is 5.09. The molecule has 0 fully saturated rings. The zero-order valence-corrected chi connectivity index (χ0v) is 9.83. The Morgan fingerprint density at radius 1 is 1.50 bits per heavy atom. The highest BCUT2D eigenvalue weighted by Crippen LogP contribution is 2.25. The summed E-state index contributed by atoms with van der Waals surface area (Å²) in [6.45, 7) is 8.64. The Morgan fingerprint density at radius 2 is 2.07 bits per heavy atom. The molecule has 0 spiro atoms. The highest BCUT2D eigenvalue weighted by atomic mass is 15.3. The molecule has 3 nitrogen and oxygen atoms in total. The van der Waals surface area contributed by atoms with Gasteiger partial charge in [-0.05, 0) is 18.9 Å². The van der Waals surface area contributed by atoms with Gasteiger partial charge in [0.05, 0.1) is 6.20 Å². The second-order valence-corrected chi connectivity index (χ2v) is 5.07. The summed E-state index contributed by atoms with van der Waals surface area (Å²) in [6, 6.07) is 0.195. The van der Waals surface area contributed by atoms with E-state index in [1.165, 1.54) is 11.3 Å². The Hall–Kier alpha value is -0.830. The molecule has 0 saturated heterocycles. The molecule has 0 radical (unpaired) electrons. The minimum atomic E-state index is 0.134. The Kier molecular flexibility index (Phi) is 3.00. The maximum absolute atomic E-state index is 5.81. The molecule has 0 bridgehead atoms. The summed E-state index contributed by atoms with van der Waals surface area (Å²) in [5.74, 6) is 0. The summed E-state index contributed by atoms with van der Waals surface area (Å²) in [7, 11) is 1.99. The fourth-order valence-corrected chi connectivity index (χ4v) is 1.95.